The lowest BCUT2D eigenvalue weighted by Gasteiger charge is -2.16. The molecule has 5 nitrogen and oxygen atoms in total. The van der Waals surface area contributed by atoms with Crippen LogP contribution in [0.3, 0.4) is 0 Å². The third-order valence-corrected chi connectivity index (χ3v) is 3.27. The molecule has 0 amide bonds. The van der Waals surface area contributed by atoms with Gasteiger partial charge in [0.2, 0.25) is 0 Å². The fourth-order valence-corrected chi connectivity index (χ4v) is 2.17. The lowest BCUT2D eigenvalue weighted by atomic mass is 10.3. The van der Waals surface area contributed by atoms with Crippen LogP contribution in [0.2, 0.25) is 0 Å². The first-order chi connectivity index (χ1) is 8.20. The van der Waals surface area contributed by atoms with Crippen LogP contribution in [-0.4, -0.2) is 42.3 Å². The van der Waals surface area contributed by atoms with E-state index in [2.05, 4.69) is 4.90 Å². The van der Waals surface area contributed by atoms with Gasteiger partial charge in [0.25, 0.3) is 5.56 Å². The van der Waals surface area contributed by atoms with Gasteiger partial charge in [0.15, 0.2) is 0 Å². The molecule has 1 aromatic heterocycles. The van der Waals surface area contributed by atoms with Crippen LogP contribution >= 0.6 is 0 Å². The van der Waals surface area contributed by atoms with Crippen molar-refractivity contribution < 1.29 is 4.74 Å². The third kappa shape index (κ3) is 2.87. The standard InChI is InChI=1S/C12H19N3O2/c1-17-10-4-6-14(9-10)7-8-15-5-2-3-11(13)12(15)16/h2-3,5,10H,4,6-9,13H2,1H3. The smallest absolute Gasteiger partial charge is 0.273 e. The highest BCUT2D eigenvalue weighted by Gasteiger charge is 2.21. The maximum absolute atomic E-state index is 11.7. The Labute approximate surface area is 101 Å². The SMILES string of the molecule is COC1CCN(CCn2cccc(N)c2=O)C1. The molecule has 0 radical (unpaired) electrons. The van der Waals surface area contributed by atoms with Crippen LogP contribution in [0.4, 0.5) is 5.69 Å². The van der Waals surface area contributed by atoms with Crippen molar-refractivity contribution in [3.05, 3.63) is 28.7 Å². The highest BCUT2D eigenvalue weighted by Crippen LogP contribution is 2.11. The average Bonchev–Trinajstić information content (AvgIpc) is 2.79. The Hall–Kier alpha value is -1.33. The minimum absolute atomic E-state index is 0.102. The summed E-state index contributed by atoms with van der Waals surface area (Å²) in [4.78, 5) is 14.0. The molecular formula is C12H19N3O2. The van der Waals surface area contributed by atoms with Crippen molar-refractivity contribution in [2.45, 2.75) is 19.1 Å². The predicted molar refractivity (Wildman–Crippen MR) is 67.0 cm³/mol. The Balaban J connectivity index is 1.90. The Morgan fingerprint density at radius 2 is 2.35 bits per heavy atom. The number of aromatic nitrogens is 1. The molecule has 0 aliphatic carbocycles. The number of nitrogen functional groups attached to an aromatic ring is 1. The highest BCUT2D eigenvalue weighted by atomic mass is 16.5. The molecule has 2 heterocycles. The number of nitrogens with zero attached hydrogens (tertiary/aromatic N) is 2. The second-order valence-electron chi connectivity index (χ2n) is 4.41. The Kier molecular flexibility index (Phi) is 3.81. The van der Waals surface area contributed by atoms with E-state index in [1.807, 2.05) is 0 Å². The van der Waals surface area contributed by atoms with E-state index in [4.69, 9.17) is 10.5 Å². The van der Waals surface area contributed by atoms with Gasteiger partial charge in [-0.05, 0) is 18.6 Å². The number of hydrogen-bond acceptors (Lipinski definition) is 4. The number of anilines is 1. The first-order valence-electron chi connectivity index (χ1n) is 5.91. The molecule has 0 bridgehead atoms. The molecule has 1 aliphatic rings. The molecule has 94 valence electrons. The molecule has 2 rings (SSSR count). The number of nitrogens with two attached hydrogens (primary N) is 1. The number of likely N-dealkylation sites (tertiary alicyclic amines) is 1. The number of methoxy groups -OCH3 is 1. The molecule has 0 spiro atoms. The third-order valence-electron chi connectivity index (χ3n) is 3.27. The molecule has 1 aliphatic heterocycles. The highest BCUT2D eigenvalue weighted by molar-refractivity contribution is 5.33. The zero-order valence-electron chi connectivity index (χ0n) is 10.1. The van der Waals surface area contributed by atoms with Crippen LogP contribution in [0.5, 0.6) is 0 Å². The molecule has 1 saturated heterocycles. The summed E-state index contributed by atoms with van der Waals surface area (Å²) < 4.78 is 6.97. The second-order valence-corrected chi connectivity index (χ2v) is 4.41. The minimum Gasteiger partial charge on any atom is -0.394 e. The molecule has 0 aromatic carbocycles. The fraction of sp³-hybridized carbons (Fsp3) is 0.583. The lowest BCUT2D eigenvalue weighted by Crippen LogP contribution is -2.30. The summed E-state index contributed by atoms with van der Waals surface area (Å²) in [6.07, 6.45) is 3.19. The van der Waals surface area contributed by atoms with E-state index in [1.165, 1.54) is 0 Å². The first kappa shape index (κ1) is 12.1. The molecule has 17 heavy (non-hydrogen) atoms. The van der Waals surface area contributed by atoms with E-state index in [1.54, 1.807) is 30.0 Å². The van der Waals surface area contributed by atoms with E-state index >= 15 is 0 Å². The molecular weight excluding hydrogens is 218 g/mol. The monoisotopic (exact) mass is 237 g/mol. The maximum Gasteiger partial charge on any atom is 0.273 e. The number of pyridine rings is 1. The zero-order valence-corrected chi connectivity index (χ0v) is 10.1. The van der Waals surface area contributed by atoms with Crippen molar-refractivity contribution in [1.82, 2.24) is 9.47 Å². The van der Waals surface area contributed by atoms with Gasteiger partial charge in [-0.15, -0.1) is 0 Å². The van der Waals surface area contributed by atoms with E-state index in [9.17, 15) is 4.79 Å². The first-order valence-corrected chi connectivity index (χ1v) is 5.91. The quantitative estimate of drug-likeness (QED) is 0.810. The number of ether oxygens (including phenoxy) is 1. The van der Waals surface area contributed by atoms with Crippen molar-refractivity contribution >= 4 is 5.69 Å². The normalized spacial score (nSPS) is 20.9. The summed E-state index contributed by atoms with van der Waals surface area (Å²) in [5, 5.41) is 0. The van der Waals surface area contributed by atoms with Crippen molar-refractivity contribution in [2.24, 2.45) is 0 Å². The lowest BCUT2D eigenvalue weighted by molar-refractivity contribution is 0.107. The molecule has 0 saturated carbocycles. The van der Waals surface area contributed by atoms with Crippen LogP contribution in [0.25, 0.3) is 0 Å². The molecule has 2 N–H and O–H groups in total. The van der Waals surface area contributed by atoms with Gasteiger partial charge in [-0.1, -0.05) is 0 Å². The molecule has 5 heteroatoms. The van der Waals surface area contributed by atoms with Gasteiger partial charge in [0.05, 0.1) is 11.8 Å². The van der Waals surface area contributed by atoms with Gasteiger partial charge in [0, 0.05) is 39.5 Å². The van der Waals surface area contributed by atoms with Crippen molar-refractivity contribution in [3.8, 4) is 0 Å². The summed E-state index contributed by atoms with van der Waals surface area (Å²) in [6, 6.07) is 3.44. The van der Waals surface area contributed by atoms with Crippen molar-refractivity contribution in [2.75, 3.05) is 32.5 Å². The van der Waals surface area contributed by atoms with Gasteiger partial charge < -0.3 is 15.0 Å². The van der Waals surface area contributed by atoms with Gasteiger partial charge in [0.1, 0.15) is 0 Å². The van der Waals surface area contributed by atoms with Crippen LogP contribution in [-0.2, 0) is 11.3 Å². The predicted octanol–water partition coefficient (Wildman–Crippen LogP) is 0.151. The van der Waals surface area contributed by atoms with E-state index in [0.29, 0.717) is 18.3 Å². The average molecular weight is 237 g/mol. The Bertz CT molecular complexity index is 430. The number of hydrogen-bond donors (Lipinski definition) is 1. The van der Waals surface area contributed by atoms with Gasteiger partial charge in [-0.3, -0.25) is 9.69 Å². The zero-order chi connectivity index (χ0) is 12.3. The summed E-state index contributed by atoms with van der Waals surface area (Å²) in [5.41, 5.74) is 5.79. The van der Waals surface area contributed by atoms with Crippen LogP contribution in [0.15, 0.2) is 23.1 Å². The second kappa shape index (κ2) is 5.33. The molecule has 1 fully saturated rings. The molecule has 1 unspecified atom stereocenters. The minimum atomic E-state index is -0.102. The van der Waals surface area contributed by atoms with Crippen LogP contribution < -0.4 is 11.3 Å². The largest absolute Gasteiger partial charge is 0.394 e. The van der Waals surface area contributed by atoms with Gasteiger partial charge in [-0.2, -0.15) is 0 Å². The Morgan fingerprint density at radius 1 is 1.53 bits per heavy atom. The number of rotatable bonds is 4. The van der Waals surface area contributed by atoms with Crippen LogP contribution in [0, 0.1) is 0 Å². The van der Waals surface area contributed by atoms with E-state index < -0.39 is 0 Å². The molecule has 1 aromatic rings. The van der Waals surface area contributed by atoms with Gasteiger partial charge in [-0.25, -0.2) is 0 Å². The summed E-state index contributed by atoms with van der Waals surface area (Å²) in [6.45, 7) is 3.53. The molecule has 1 atom stereocenters. The fourth-order valence-electron chi connectivity index (χ4n) is 2.17. The summed E-state index contributed by atoms with van der Waals surface area (Å²) >= 11 is 0. The topological polar surface area (TPSA) is 60.5 Å². The van der Waals surface area contributed by atoms with Crippen LogP contribution in [0.1, 0.15) is 6.42 Å². The van der Waals surface area contributed by atoms with Crippen molar-refractivity contribution in [3.63, 3.8) is 0 Å². The van der Waals surface area contributed by atoms with Crippen molar-refractivity contribution in [1.29, 1.82) is 0 Å². The van der Waals surface area contributed by atoms with E-state index in [-0.39, 0.29) is 5.56 Å². The van der Waals surface area contributed by atoms with E-state index in [0.717, 1.165) is 26.1 Å². The van der Waals surface area contributed by atoms with Gasteiger partial charge >= 0.3 is 0 Å². The summed E-state index contributed by atoms with van der Waals surface area (Å²) in [5.74, 6) is 0. The Morgan fingerprint density at radius 3 is 3.06 bits per heavy atom. The maximum atomic E-state index is 11.7. The summed E-state index contributed by atoms with van der Waals surface area (Å²) in [7, 11) is 1.75.